The third-order valence-electron chi connectivity index (χ3n) is 2.87. The van der Waals surface area contributed by atoms with E-state index >= 15 is 0 Å². The summed E-state index contributed by atoms with van der Waals surface area (Å²) in [7, 11) is 0. The van der Waals surface area contributed by atoms with Crippen LogP contribution in [0.4, 0.5) is 0 Å². The molecule has 0 aliphatic heterocycles. The lowest BCUT2D eigenvalue weighted by Crippen LogP contribution is -2.21. The molecule has 2 aromatic rings. The summed E-state index contributed by atoms with van der Waals surface area (Å²) in [6, 6.07) is 6.89. The Morgan fingerprint density at radius 3 is 2.56 bits per heavy atom. The van der Waals surface area contributed by atoms with Crippen LogP contribution in [0.3, 0.4) is 0 Å². The van der Waals surface area contributed by atoms with Crippen LogP contribution in [0.1, 0.15) is 24.1 Å². The quantitative estimate of drug-likeness (QED) is 0.777. The van der Waals surface area contributed by atoms with Crippen LogP contribution in [-0.2, 0) is 6.42 Å². The normalized spacial score (nSPS) is 12.5. The Labute approximate surface area is 111 Å². The standard InChI is InChI=1S/C14H17NO2S/c1-10(12-6-13(16)8-14(17)7-12)15-4-2-11-3-5-18-9-11/h3,5-10,15-17H,2,4H2,1H3. The summed E-state index contributed by atoms with van der Waals surface area (Å²) >= 11 is 1.70. The summed E-state index contributed by atoms with van der Waals surface area (Å²) in [6.07, 6.45) is 0.985. The van der Waals surface area contributed by atoms with Gasteiger partial charge in [0.15, 0.2) is 0 Å². The molecule has 3 nitrogen and oxygen atoms in total. The van der Waals surface area contributed by atoms with Crippen molar-refractivity contribution in [3.63, 3.8) is 0 Å². The lowest BCUT2D eigenvalue weighted by Gasteiger charge is -2.14. The Kier molecular flexibility index (Phi) is 4.23. The average Bonchev–Trinajstić information content (AvgIpc) is 2.80. The molecule has 3 N–H and O–H groups in total. The van der Waals surface area contributed by atoms with Crippen molar-refractivity contribution in [1.82, 2.24) is 5.32 Å². The van der Waals surface area contributed by atoms with Crippen LogP contribution in [0.2, 0.25) is 0 Å². The van der Waals surface area contributed by atoms with Gasteiger partial charge in [0, 0.05) is 12.1 Å². The zero-order valence-corrected chi connectivity index (χ0v) is 11.1. The molecule has 0 bridgehead atoms. The van der Waals surface area contributed by atoms with Gasteiger partial charge in [0.05, 0.1) is 0 Å². The lowest BCUT2D eigenvalue weighted by atomic mass is 10.1. The molecule has 0 saturated carbocycles. The molecular weight excluding hydrogens is 246 g/mol. The fourth-order valence-electron chi connectivity index (χ4n) is 1.85. The molecule has 1 aromatic heterocycles. The topological polar surface area (TPSA) is 52.5 Å². The van der Waals surface area contributed by atoms with Gasteiger partial charge < -0.3 is 15.5 Å². The first-order valence-electron chi connectivity index (χ1n) is 5.92. The number of benzene rings is 1. The van der Waals surface area contributed by atoms with Gasteiger partial charge in [-0.1, -0.05) is 0 Å². The second kappa shape index (κ2) is 5.89. The van der Waals surface area contributed by atoms with Crippen LogP contribution in [0.5, 0.6) is 11.5 Å². The summed E-state index contributed by atoms with van der Waals surface area (Å²) in [6.45, 7) is 2.89. The second-order valence-corrected chi connectivity index (χ2v) is 5.12. The first-order valence-corrected chi connectivity index (χ1v) is 6.87. The van der Waals surface area contributed by atoms with E-state index in [1.165, 1.54) is 11.6 Å². The second-order valence-electron chi connectivity index (χ2n) is 4.34. The van der Waals surface area contributed by atoms with E-state index in [1.807, 2.05) is 6.92 Å². The molecule has 0 spiro atoms. The summed E-state index contributed by atoms with van der Waals surface area (Å²) in [5, 5.41) is 26.5. The van der Waals surface area contributed by atoms with Crippen LogP contribution in [0.25, 0.3) is 0 Å². The van der Waals surface area contributed by atoms with Crippen molar-refractivity contribution in [3.8, 4) is 11.5 Å². The Morgan fingerprint density at radius 2 is 1.94 bits per heavy atom. The van der Waals surface area contributed by atoms with Crippen molar-refractivity contribution >= 4 is 11.3 Å². The van der Waals surface area contributed by atoms with Crippen molar-refractivity contribution in [2.75, 3.05) is 6.54 Å². The van der Waals surface area contributed by atoms with Gasteiger partial charge in [0.25, 0.3) is 0 Å². The van der Waals surface area contributed by atoms with Gasteiger partial charge >= 0.3 is 0 Å². The predicted octanol–water partition coefficient (Wildman–Crippen LogP) is 3.05. The maximum Gasteiger partial charge on any atom is 0.119 e. The van der Waals surface area contributed by atoms with Crippen LogP contribution in [-0.4, -0.2) is 16.8 Å². The molecule has 4 heteroatoms. The molecule has 96 valence electrons. The van der Waals surface area contributed by atoms with Gasteiger partial charge in [-0.2, -0.15) is 11.3 Å². The van der Waals surface area contributed by atoms with Gasteiger partial charge in [0.1, 0.15) is 11.5 Å². The maximum absolute atomic E-state index is 9.43. The monoisotopic (exact) mass is 263 g/mol. The summed E-state index contributed by atoms with van der Waals surface area (Å²) < 4.78 is 0. The molecule has 18 heavy (non-hydrogen) atoms. The van der Waals surface area contributed by atoms with E-state index in [4.69, 9.17) is 0 Å². The number of phenolic OH excluding ortho intramolecular Hbond substituents is 2. The number of thiophene rings is 1. The van der Waals surface area contributed by atoms with Crippen molar-refractivity contribution in [2.24, 2.45) is 0 Å². The van der Waals surface area contributed by atoms with Crippen molar-refractivity contribution in [3.05, 3.63) is 46.2 Å². The predicted molar refractivity (Wildman–Crippen MR) is 74.2 cm³/mol. The molecule has 1 unspecified atom stereocenters. The molecule has 2 rings (SSSR count). The van der Waals surface area contributed by atoms with Crippen LogP contribution in [0.15, 0.2) is 35.0 Å². The third kappa shape index (κ3) is 3.48. The summed E-state index contributed by atoms with van der Waals surface area (Å²) in [5.41, 5.74) is 2.22. The van der Waals surface area contributed by atoms with Crippen molar-refractivity contribution in [2.45, 2.75) is 19.4 Å². The largest absolute Gasteiger partial charge is 0.508 e. The molecule has 1 aromatic carbocycles. The minimum atomic E-state index is 0.0940. The van der Waals surface area contributed by atoms with E-state index in [1.54, 1.807) is 23.5 Å². The van der Waals surface area contributed by atoms with Gasteiger partial charge in [-0.15, -0.1) is 0 Å². The van der Waals surface area contributed by atoms with E-state index in [0.717, 1.165) is 18.5 Å². The highest BCUT2D eigenvalue weighted by Crippen LogP contribution is 2.24. The number of nitrogens with one attached hydrogen (secondary N) is 1. The average molecular weight is 263 g/mol. The first-order chi connectivity index (χ1) is 8.65. The van der Waals surface area contributed by atoms with Crippen molar-refractivity contribution in [1.29, 1.82) is 0 Å². The lowest BCUT2D eigenvalue weighted by molar-refractivity contribution is 0.446. The fourth-order valence-corrected chi connectivity index (χ4v) is 2.56. The zero-order chi connectivity index (χ0) is 13.0. The Balaban J connectivity index is 1.89. The minimum absolute atomic E-state index is 0.0940. The highest BCUT2D eigenvalue weighted by Gasteiger charge is 2.07. The maximum atomic E-state index is 9.43. The highest BCUT2D eigenvalue weighted by molar-refractivity contribution is 7.07. The molecule has 1 atom stereocenters. The summed E-state index contributed by atoms with van der Waals surface area (Å²) in [5.74, 6) is 0.188. The number of phenols is 2. The van der Waals surface area contributed by atoms with Crippen LogP contribution < -0.4 is 5.32 Å². The van der Waals surface area contributed by atoms with E-state index in [0.29, 0.717) is 0 Å². The molecule has 0 amide bonds. The van der Waals surface area contributed by atoms with Gasteiger partial charge in [-0.3, -0.25) is 0 Å². The number of hydrogen-bond donors (Lipinski definition) is 3. The molecule has 0 radical (unpaired) electrons. The first kappa shape index (κ1) is 12.9. The van der Waals surface area contributed by atoms with Gasteiger partial charge in [0.2, 0.25) is 0 Å². The van der Waals surface area contributed by atoms with Crippen LogP contribution in [0, 0.1) is 0 Å². The molecule has 0 fully saturated rings. The minimum Gasteiger partial charge on any atom is -0.508 e. The van der Waals surface area contributed by atoms with E-state index in [9.17, 15) is 10.2 Å². The highest BCUT2D eigenvalue weighted by atomic mass is 32.1. The number of rotatable bonds is 5. The molecule has 0 saturated heterocycles. The number of aromatic hydroxyl groups is 2. The van der Waals surface area contributed by atoms with Gasteiger partial charge in [-0.25, -0.2) is 0 Å². The fraction of sp³-hybridized carbons (Fsp3) is 0.286. The third-order valence-corrected chi connectivity index (χ3v) is 3.60. The van der Waals surface area contributed by atoms with Crippen molar-refractivity contribution < 1.29 is 10.2 Å². The zero-order valence-electron chi connectivity index (χ0n) is 10.3. The molecular formula is C14H17NO2S. The Morgan fingerprint density at radius 1 is 1.22 bits per heavy atom. The Hall–Kier alpha value is -1.52. The SMILES string of the molecule is CC(NCCc1ccsc1)c1cc(O)cc(O)c1. The van der Waals surface area contributed by atoms with E-state index < -0.39 is 0 Å². The molecule has 1 heterocycles. The number of hydrogen-bond acceptors (Lipinski definition) is 4. The van der Waals surface area contributed by atoms with Gasteiger partial charge in [-0.05, 0) is 60.0 Å². The Bertz CT molecular complexity index is 476. The smallest absolute Gasteiger partial charge is 0.119 e. The molecule has 0 aliphatic rings. The van der Waals surface area contributed by atoms with Crippen LogP contribution >= 0.6 is 11.3 Å². The van der Waals surface area contributed by atoms with E-state index in [-0.39, 0.29) is 17.5 Å². The molecule has 0 aliphatic carbocycles. The summed E-state index contributed by atoms with van der Waals surface area (Å²) in [4.78, 5) is 0. The van der Waals surface area contributed by atoms with E-state index in [2.05, 4.69) is 22.1 Å².